The quantitative estimate of drug-likeness (QED) is 0.734. The Hall–Kier alpha value is -2.18. The SMILES string of the molecule is COc1ccc(-c2csc3ncnc(NC(C)C(C)(C)O)c23)cc1. The summed E-state index contributed by atoms with van der Waals surface area (Å²) in [6.45, 7) is 5.50. The van der Waals surface area contributed by atoms with Crippen LogP contribution in [0.2, 0.25) is 0 Å². The molecule has 0 fully saturated rings. The molecular weight excluding hydrogens is 322 g/mol. The molecule has 0 saturated carbocycles. The number of benzene rings is 1. The number of thiophene rings is 1. The Morgan fingerprint density at radius 2 is 1.92 bits per heavy atom. The summed E-state index contributed by atoms with van der Waals surface area (Å²) in [5, 5.41) is 16.6. The molecule has 2 heterocycles. The van der Waals surface area contributed by atoms with Crippen LogP contribution >= 0.6 is 11.3 Å². The van der Waals surface area contributed by atoms with Gasteiger partial charge in [0.1, 0.15) is 22.7 Å². The fourth-order valence-electron chi connectivity index (χ4n) is 2.35. The molecule has 2 N–H and O–H groups in total. The summed E-state index contributed by atoms with van der Waals surface area (Å²) in [4.78, 5) is 9.69. The average Bonchev–Trinajstić information content (AvgIpc) is 2.99. The van der Waals surface area contributed by atoms with Gasteiger partial charge >= 0.3 is 0 Å². The highest BCUT2D eigenvalue weighted by Gasteiger charge is 2.24. The van der Waals surface area contributed by atoms with E-state index < -0.39 is 5.60 Å². The minimum atomic E-state index is -0.854. The van der Waals surface area contributed by atoms with Gasteiger partial charge in [0.25, 0.3) is 0 Å². The topological polar surface area (TPSA) is 67.3 Å². The van der Waals surface area contributed by atoms with E-state index in [0.29, 0.717) is 0 Å². The number of rotatable bonds is 5. The molecule has 1 atom stereocenters. The van der Waals surface area contributed by atoms with Crippen molar-refractivity contribution in [1.29, 1.82) is 0 Å². The molecule has 3 aromatic rings. The van der Waals surface area contributed by atoms with Crippen molar-refractivity contribution < 1.29 is 9.84 Å². The number of ether oxygens (including phenoxy) is 1. The van der Waals surface area contributed by atoms with E-state index in [4.69, 9.17) is 4.74 Å². The normalized spacial score (nSPS) is 13.0. The van der Waals surface area contributed by atoms with Gasteiger partial charge in [-0.2, -0.15) is 0 Å². The molecule has 126 valence electrons. The van der Waals surface area contributed by atoms with Crippen molar-refractivity contribution in [3.05, 3.63) is 36.0 Å². The number of methoxy groups -OCH3 is 1. The maximum absolute atomic E-state index is 10.2. The second-order valence-corrected chi connectivity index (χ2v) is 7.16. The minimum absolute atomic E-state index is 0.154. The second-order valence-electron chi connectivity index (χ2n) is 6.30. The Kier molecular flexibility index (Phi) is 4.43. The fraction of sp³-hybridized carbons (Fsp3) is 0.333. The van der Waals surface area contributed by atoms with E-state index in [9.17, 15) is 5.11 Å². The molecule has 0 saturated heterocycles. The molecule has 2 aromatic heterocycles. The lowest BCUT2D eigenvalue weighted by molar-refractivity contribution is 0.0648. The summed E-state index contributed by atoms with van der Waals surface area (Å²) in [5.74, 6) is 1.56. The number of aliphatic hydroxyl groups is 1. The molecule has 6 heteroatoms. The van der Waals surface area contributed by atoms with Gasteiger partial charge in [0, 0.05) is 10.9 Å². The molecule has 3 rings (SSSR count). The smallest absolute Gasteiger partial charge is 0.139 e. The molecular formula is C18H21N3O2S. The molecule has 0 aliphatic heterocycles. The van der Waals surface area contributed by atoms with Gasteiger partial charge in [0.2, 0.25) is 0 Å². The Morgan fingerprint density at radius 3 is 2.54 bits per heavy atom. The summed E-state index contributed by atoms with van der Waals surface area (Å²) in [6, 6.07) is 7.77. The van der Waals surface area contributed by atoms with Gasteiger partial charge in [0.15, 0.2) is 0 Å². The van der Waals surface area contributed by atoms with E-state index >= 15 is 0 Å². The van der Waals surface area contributed by atoms with Crippen molar-refractivity contribution in [2.75, 3.05) is 12.4 Å². The monoisotopic (exact) mass is 343 g/mol. The van der Waals surface area contributed by atoms with Gasteiger partial charge in [-0.15, -0.1) is 11.3 Å². The maximum atomic E-state index is 10.2. The zero-order chi connectivity index (χ0) is 17.3. The van der Waals surface area contributed by atoms with Crippen molar-refractivity contribution >= 4 is 27.4 Å². The third-order valence-corrected chi connectivity index (χ3v) is 5.07. The molecule has 0 aliphatic carbocycles. The minimum Gasteiger partial charge on any atom is -0.497 e. The Bertz CT molecular complexity index is 838. The van der Waals surface area contributed by atoms with Gasteiger partial charge in [-0.25, -0.2) is 9.97 Å². The lowest BCUT2D eigenvalue weighted by Crippen LogP contribution is -2.39. The summed E-state index contributed by atoms with van der Waals surface area (Å²) in [5.41, 5.74) is 1.30. The molecule has 1 aromatic carbocycles. The van der Waals surface area contributed by atoms with E-state index in [1.54, 1.807) is 38.6 Å². The van der Waals surface area contributed by atoms with Gasteiger partial charge in [-0.1, -0.05) is 12.1 Å². The number of hydrogen-bond donors (Lipinski definition) is 2. The van der Waals surface area contributed by atoms with Crippen LogP contribution in [0.4, 0.5) is 5.82 Å². The standard InChI is InChI=1S/C18H21N3O2S/c1-11(18(2,3)22)21-16-15-14(9-24-17(15)20-10-19-16)12-5-7-13(23-4)8-6-12/h5-11,22H,1-4H3,(H,19,20,21). The van der Waals surface area contributed by atoms with Crippen molar-refractivity contribution in [3.63, 3.8) is 0 Å². The summed E-state index contributed by atoms with van der Waals surface area (Å²) >= 11 is 1.58. The van der Waals surface area contributed by atoms with E-state index in [1.807, 2.05) is 31.2 Å². The first-order chi connectivity index (χ1) is 11.4. The van der Waals surface area contributed by atoms with Crippen LogP contribution in [-0.2, 0) is 0 Å². The third-order valence-electron chi connectivity index (χ3n) is 4.18. The maximum Gasteiger partial charge on any atom is 0.139 e. The first kappa shape index (κ1) is 16.7. The Morgan fingerprint density at radius 1 is 1.21 bits per heavy atom. The number of nitrogens with one attached hydrogen (secondary N) is 1. The predicted octanol–water partition coefficient (Wildman–Crippen LogP) is 3.94. The summed E-state index contributed by atoms with van der Waals surface area (Å²) in [6.07, 6.45) is 1.55. The number of fused-ring (bicyclic) bond motifs is 1. The van der Waals surface area contributed by atoms with Crippen molar-refractivity contribution in [3.8, 4) is 16.9 Å². The van der Waals surface area contributed by atoms with Crippen LogP contribution in [0.25, 0.3) is 21.3 Å². The zero-order valence-electron chi connectivity index (χ0n) is 14.2. The predicted molar refractivity (Wildman–Crippen MR) is 98.8 cm³/mol. The zero-order valence-corrected chi connectivity index (χ0v) is 15.0. The number of aromatic nitrogens is 2. The first-order valence-electron chi connectivity index (χ1n) is 7.75. The van der Waals surface area contributed by atoms with Crippen molar-refractivity contribution in [2.24, 2.45) is 0 Å². The summed E-state index contributed by atoms with van der Waals surface area (Å²) < 4.78 is 5.23. The van der Waals surface area contributed by atoms with Gasteiger partial charge in [-0.3, -0.25) is 0 Å². The van der Waals surface area contributed by atoms with Crippen LogP contribution in [0, 0.1) is 0 Å². The van der Waals surface area contributed by atoms with Gasteiger partial charge < -0.3 is 15.2 Å². The van der Waals surface area contributed by atoms with E-state index in [0.717, 1.165) is 32.9 Å². The molecule has 0 amide bonds. The summed E-state index contributed by atoms with van der Waals surface area (Å²) in [7, 11) is 1.66. The molecule has 24 heavy (non-hydrogen) atoms. The van der Waals surface area contributed by atoms with E-state index in [-0.39, 0.29) is 6.04 Å². The highest BCUT2D eigenvalue weighted by molar-refractivity contribution is 7.17. The number of hydrogen-bond acceptors (Lipinski definition) is 6. The molecule has 0 radical (unpaired) electrons. The number of nitrogens with zero attached hydrogens (tertiary/aromatic N) is 2. The Labute approximate surface area is 145 Å². The van der Waals surface area contributed by atoms with Crippen molar-refractivity contribution in [1.82, 2.24) is 9.97 Å². The molecule has 0 spiro atoms. The van der Waals surface area contributed by atoms with Crippen LogP contribution in [0.15, 0.2) is 36.0 Å². The van der Waals surface area contributed by atoms with Gasteiger partial charge in [-0.05, 0) is 38.5 Å². The fourth-order valence-corrected chi connectivity index (χ4v) is 3.27. The lowest BCUT2D eigenvalue weighted by Gasteiger charge is -2.27. The Balaban J connectivity index is 2.06. The molecule has 0 bridgehead atoms. The van der Waals surface area contributed by atoms with Crippen LogP contribution in [0.3, 0.4) is 0 Å². The van der Waals surface area contributed by atoms with Crippen molar-refractivity contribution in [2.45, 2.75) is 32.4 Å². The second kappa shape index (κ2) is 6.37. The first-order valence-corrected chi connectivity index (χ1v) is 8.63. The van der Waals surface area contributed by atoms with Crippen LogP contribution in [-0.4, -0.2) is 33.8 Å². The highest BCUT2D eigenvalue weighted by atomic mass is 32.1. The van der Waals surface area contributed by atoms with Crippen LogP contribution in [0.1, 0.15) is 20.8 Å². The lowest BCUT2D eigenvalue weighted by atomic mass is 10.0. The number of anilines is 1. The van der Waals surface area contributed by atoms with Crippen LogP contribution in [0.5, 0.6) is 5.75 Å². The molecule has 0 aliphatic rings. The van der Waals surface area contributed by atoms with Gasteiger partial charge in [0.05, 0.1) is 24.1 Å². The largest absolute Gasteiger partial charge is 0.497 e. The molecule has 1 unspecified atom stereocenters. The van der Waals surface area contributed by atoms with E-state index in [1.165, 1.54) is 0 Å². The highest BCUT2D eigenvalue weighted by Crippen LogP contribution is 2.37. The van der Waals surface area contributed by atoms with E-state index in [2.05, 4.69) is 20.7 Å². The molecule has 5 nitrogen and oxygen atoms in total. The van der Waals surface area contributed by atoms with Crippen LogP contribution < -0.4 is 10.1 Å². The third kappa shape index (κ3) is 3.20. The average molecular weight is 343 g/mol.